The van der Waals surface area contributed by atoms with Crippen molar-refractivity contribution in [3.05, 3.63) is 35.5 Å². The summed E-state index contributed by atoms with van der Waals surface area (Å²) in [7, 11) is 0. The summed E-state index contributed by atoms with van der Waals surface area (Å²) in [4.78, 5) is 0. The molecule has 0 aromatic rings. The fraction of sp³-hybridized carbons (Fsp3) is 0.400. The topological polar surface area (TPSA) is 0 Å². The van der Waals surface area contributed by atoms with Crippen LogP contribution in [0.15, 0.2) is 35.5 Å². The molecule has 0 aliphatic heterocycles. The van der Waals surface area contributed by atoms with E-state index in [0.717, 1.165) is 0 Å². The van der Waals surface area contributed by atoms with Gasteiger partial charge in [-0.2, -0.15) is 0 Å². The van der Waals surface area contributed by atoms with E-state index in [-0.39, 0.29) is 0 Å². The Morgan fingerprint density at radius 1 is 1.50 bits per heavy atom. The summed E-state index contributed by atoms with van der Waals surface area (Å²) < 4.78 is 0. The van der Waals surface area contributed by atoms with Crippen LogP contribution in [0, 0.1) is 0 Å². The third-order valence-electron chi connectivity index (χ3n) is 1.52. The van der Waals surface area contributed by atoms with Gasteiger partial charge < -0.3 is 0 Å². The first-order valence-corrected chi connectivity index (χ1v) is 3.79. The molecule has 0 amide bonds. The van der Waals surface area contributed by atoms with Crippen molar-refractivity contribution in [1.29, 1.82) is 0 Å². The molecule has 0 bridgehead atoms. The standard InChI is InChI=1S/C10H14/c1-9(2)8-10-6-4-3-5-7-10/h3-4,6,8H,5,7H2,1-2H3. The van der Waals surface area contributed by atoms with Crippen LogP contribution in [0.5, 0.6) is 0 Å². The highest BCUT2D eigenvalue weighted by molar-refractivity contribution is 5.28. The normalized spacial score (nSPS) is 16.4. The number of hydrogen-bond acceptors (Lipinski definition) is 0. The quantitative estimate of drug-likeness (QED) is 0.516. The van der Waals surface area contributed by atoms with E-state index in [2.05, 4.69) is 38.2 Å². The molecule has 10 heavy (non-hydrogen) atoms. The van der Waals surface area contributed by atoms with Gasteiger partial charge in [0.15, 0.2) is 0 Å². The molecule has 0 aromatic heterocycles. The molecule has 0 saturated heterocycles. The van der Waals surface area contributed by atoms with Gasteiger partial charge in [-0.05, 0) is 32.3 Å². The maximum absolute atomic E-state index is 2.25. The van der Waals surface area contributed by atoms with Crippen LogP contribution in [-0.2, 0) is 0 Å². The minimum Gasteiger partial charge on any atom is -0.0842 e. The molecular weight excluding hydrogens is 120 g/mol. The predicted octanol–water partition coefficient (Wildman–Crippen LogP) is 3.23. The molecule has 1 aliphatic rings. The average molecular weight is 134 g/mol. The van der Waals surface area contributed by atoms with Crippen molar-refractivity contribution in [2.24, 2.45) is 0 Å². The molecule has 0 fully saturated rings. The van der Waals surface area contributed by atoms with Gasteiger partial charge >= 0.3 is 0 Å². The lowest BCUT2D eigenvalue weighted by Gasteiger charge is -2.03. The van der Waals surface area contributed by atoms with Gasteiger partial charge in [0.05, 0.1) is 0 Å². The van der Waals surface area contributed by atoms with Crippen molar-refractivity contribution >= 4 is 0 Å². The van der Waals surface area contributed by atoms with Crippen molar-refractivity contribution in [3.63, 3.8) is 0 Å². The molecule has 0 radical (unpaired) electrons. The Kier molecular flexibility index (Phi) is 2.49. The SMILES string of the molecule is CC(C)=CC1=CC=CCC1. The fourth-order valence-electron chi connectivity index (χ4n) is 1.11. The van der Waals surface area contributed by atoms with Crippen molar-refractivity contribution in [2.75, 3.05) is 0 Å². The molecule has 0 heteroatoms. The van der Waals surface area contributed by atoms with E-state index in [0.29, 0.717) is 0 Å². The van der Waals surface area contributed by atoms with Gasteiger partial charge in [-0.15, -0.1) is 0 Å². The van der Waals surface area contributed by atoms with Crippen LogP contribution in [0.2, 0.25) is 0 Å². The van der Waals surface area contributed by atoms with E-state index < -0.39 is 0 Å². The van der Waals surface area contributed by atoms with Crippen LogP contribution >= 0.6 is 0 Å². The number of rotatable bonds is 1. The summed E-state index contributed by atoms with van der Waals surface area (Å²) in [6.45, 7) is 4.28. The average Bonchev–Trinajstić information content (AvgIpc) is 1.88. The van der Waals surface area contributed by atoms with Crippen LogP contribution in [0.1, 0.15) is 26.7 Å². The number of hydrogen-bond donors (Lipinski definition) is 0. The second kappa shape index (κ2) is 3.40. The smallest absolute Gasteiger partial charge is 0.0244 e. The minimum atomic E-state index is 1.20. The molecule has 1 aliphatic carbocycles. The lowest BCUT2D eigenvalue weighted by atomic mass is 10.0. The molecule has 0 N–H and O–H groups in total. The Bertz CT molecular complexity index is 185. The van der Waals surface area contributed by atoms with Gasteiger partial charge in [0, 0.05) is 0 Å². The van der Waals surface area contributed by atoms with Gasteiger partial charge in [0.2, 0.25) is 0 Å². The van der Waals surface area contributed by atoms with Gasteiger partial charge in [0.25, 0.3) is 0 Å². The molecule has 0 nitrogen and oxygen atoms in total. The molecule has 0 spiro atoms. The van der Waals surface area contributed by atoms with E-state index in [1.54, 1.807) is 0 Å². The van der Waals surface area contributed by atoms with Gasteiger partial charge in [-0.25, -0.2) is 0 Å². The summed E-state index contributed by atoms with van der Waals surface area (Å²) in [6.07, 6.45) is 11.2. The first kappa shape index (κ1) is 7.33. The fourth-order valence-corrected chi connectivity index (χ4v) is 1.11. The molecule has 0 saturated carbocycles. The molecule has 54 valence electrons. The predicted molar refractivity (Wildman–Crippen MR) is 45.9 cm³/mol. The summed E-state index contributed by atoms with van der Waals surface area (Å²) in [6, 6.07) is 0. The van der Waals surface area contributed by atoms with E-state index in [9.17, 15) is 0 Å². The van der Waals surface area contributed by atoms with Crippen LogP contribution in [0.25, 0.3) is 0 Å². The van der Waals surface area contributed by atoms with E-state index in [1.807, 2.05) is 0 Å². The zero-order valence-electron chi connectivity index (χ0n) is 6.72. The Hall–Kier alpha value is -0.780. The number of allylic oxidation sites excluding steroid dienone is 6. The zero-order valence-corrected chi connectivity index (χ0v) is 6.72. The third kappa shape index (κ3) is 2.22. The molecule has 0 atom stereocenters. The van der Waals surface area contributed by atoms with E-state index in [1.165, 1.54) is 24.0 Å². The summed E-state index contributed by atoms with van der Waals surface area (Å²) in [5.74, 6) is 0. The lowest BCUT2D eigenvalue weighted by molar-refractivity contribution is 0.986. The van der Waals surface area contributed by atoms with Crippen LogP contribution in [-0.4, -0.2) is 0 Å². The van der Waals surface area contributed by atoms with Gasteiger partial charge in [0.1, 0.15) is 0 Å². The maximum Gasteiger partial charge on any atom is -0.0244 e. The van der Waals surface area contributed by atoms with E-state index in [4.69, 9.17) is 0 Å². The largest absolute Gasteiger partial charge is 0.0842 e. The molecule has 0 unspecified atom stereocenters. The molecular formula is C10H14. The molecule has 0 aromatic carbocycles. The Labute approximate surface area is 62.9 Å². The second-order valence-corrected chi connectivity index (χ2v) is 2.93. The van der Waals surface area contributed by atoms with Crippen LogP contribution < -0.4 is 0 Å². The summed E-state index contributed by atoms with van der Waals surface area (Å²) in [5.41, 5.74) is 2.85. The van der Waals surface area contributed by atoms with Crippen molar-refractivity contribution in [3.8, 4) is 0 Å². The van der Waals surface area contributed by atoms with Crippen LogP contribution in [0.4, 0.5) is 0 Å². The second-order valence-electron chi connectivity index (χ2n) is 2.93. The van der Waals surface area contributed by atoms with Gasteiger partial charge in [-0.1, -0.05) is 29.9 Å². The highest BCUT2D eigenvalue weighted by Crippen LogP contribution is 2.14. The Morgan fingerprint density at radius 3 is 2.80 bits per heavy atom. The Morgan fingerprint density at radius 2 is 2.30 bits per heavy atom. The summed E-state index contributed by atoms with van der Waals surface area (Å²) in [5, 5.41) is 0. The monoisotopic (exact) mass is 134 g/mol. The Balaban J connectivity index is 2.64. The van der Waals surface area contributed by atoms with Gasteiger partial charge in [-0.3, -0.25) is 0 Å². The first-order chi connectivity index (χ1) is 4.79. The van der Waals surface area contributed by atoms with Crippen LogP contribution in [0.3, 0.4) is 0 Å². The van der Waals surface area contributed by atoms with Crippen molar-refractivity contribution in [2.45, 2.75) is 26.7 Å². The maximum atomic E-state index is 2.25. The van der Waals surface area contributed by atoms with Crippen molar-refractivity contribution in [1.82, 2.24) is 0 Å². The highest BCUT2D eigenvalue weighted by atomic mass is 14.0. The molecule has 1 rings (SSSR count). The third-order valence-corrected chi connectivity index (χ3v) is 1.52. The summed E-state index contributed by atoms with van der Waals surface area (Å²) >= 11 is 0. The van der Waals surface area contributed by atoms with E-state index >= 15 is 0 Å². The zero-order chi connectivity index (χ0) is 7.40. The highest BCUT2D eigenvalue weighted by Gasteiger charge is 1.93. The minimum absolute atomic E-state index is 1.20. The molecule has 0 heterocycles. The lowest BCUT2D eigenvalue weighted by Crippen LogP contribution is -1.83. The first-order valence-electron chi connectivity index (χ1n) is 3.79. The van der Waals surface area contributed by atoms with Crippen molar-refractivity contribution < 1.29 is 0 Å².